The molecule has 0 spiro atoms. The molecule has 1 aromatic carbocycles. The van der Waals surface area contributed by atoms with E-state index in [1.54, 1.807) is 14.2 Å². The SMILES string of the molecule is CCC(CC)C(C)(N)Cc1ccc(OC)c(OC)c1. The Morgan fingerprint density at radius 3 is 2.16 bits per heavy atom. The van der Waals surface area contributed by atoms with Gasteiger partial charge in [0.25, 0.3) is 0 Å². The fraction of sp³-hybridized carbons (Fsp3) is 0.625. The Morgan fingerprint density at radius 1 is 1.11 bits per heavy atom. The van der Waals surface area contributed by atoms with Gasteiger partial charge < -0.3 is 15.2 Å². The predicted octanol–water partition coefficient (Wildman–Crippen LogP) is 3.40. The Morgan fingerprint density at radius 2 is 1.68 bits per heavy atom. The first kappa shape index (κ1) is 15.8. The molecule has 1 rings (SSSR count). The quantitative estimate of drug-likeness (QED) is 0.821. The van der Waals surface area contributed by atoms with E-state index in [0.29, 0.717) is 5.92 Å². The lowest BCUT2D eigenvalue weighted by Gasteiger charge is -2.33. The van der Waals surface area contributed by atoms with Crippen LogP contribution in [0.4, 0.5) is 0 Å². The summed E-state index contributed by atoms with van der Waals surface area (Å²) in [6.07, 6.45) is 3.06. The first-order chi connectivity index (χ1) is 8.98. The predicted molar refractivity (Wildman–Crippen MR) is 79.9 cm³/mol. The minimum atomic E-state index is -0.191. The average molecular weight is 265 g/mol. The lowest BCUT2D eigenvalue weighted by molar-refractivity contribution is 0.275. The highest BCUT2D eigenvalue weighted by Gasteiger charge is 2.27. The van der Waals surface area contributed by atoms with Crippen molar-refractivity contribution in [2.24, 2.45) is 11.7 Å². The van der Waals surface area contributed by atoms with Crippen molar-refractivity contribution in [2.45, 2.75) is 45.6 Å². The second-order valence-corrected chi connectivity index (χ2v) is 5.39. The summed E-state index contributed by atoms with van der Waals surface area (Å²) in [5.41, 5.74) is 7.50. The highest BCUT2D eigenvalue weighted by atomic mass is 16.5. The van der Waals surface area contributed by atoms with Crippen LogP contribution in [-0.2, 0) is 6.42 Å². The van der Waals surface area contributed by atoms with Gasteiger partial charge in [-0.3, -0.25) is 0 Å². The molecule has 1 atom stereocenters. The van der Waals surface area contributed by atoms with Crippen molar-refractivity contribution in [1.29, 1.82) is 0 Å². The zero-order chi connectivity index (χ0) is 14.5. The molecule has 2 N–H and O–H groups in total. The number of hydrogen-bond donors (Lipinski definition) is 1. The van der Waals surface area contributed by atoms with E-state index in [0.717, 1.165) is 30.8 Å². The number of rotatable bonds is 7. The summed E-state index contributed by atoms with van der Waals surface area (Å²) in [5.74, 6) is 2.05. The summed E-state index contributed by atoms with van der Waals surface area (Å²) >= 11 is 0. The van der Waals surface area contributed by atoms with Crippen LogP contribution in [0.5, 0.6) is 11.5 Å². The summed E-state index contributed by atoms with van der Waals surface area (Å²) in [5, 5.41) is 0. The average Bonchev–Trinajstić information content (AvgIpc) is 2.39. The van der Waals surface area contributed by atoms with Crippen molar-refractivity contribution in [1.82, 2.24) is 0 Å². The van der Waals surface area contributed by atoms with Crippen molar-refractivity contribution < 1.29 is 9.47 Å². The lowest BCUT2D eigenvalue weighted by Crippen LogP contribution is -2.45. The fourth-order valence-corrected chi connectivity index (χ4v) is 2.80. The maximum Gasteiger partial charge on any atom is 0.160 e. The van der Waals surface area contributed by atoms with Crippen LogP contribution in [0.15, 0.2) is 18.2 Å². The van der Waals surface area contributed by atoms with Gasteiger partial charge in [-0.15, -0.1) is 0 Å². The molecule has 3 nitrogen and oxygen atoms in total. The third kappa shape index (κ3) is 3.87. The second-order valence-electron chi connectivity index (χ2n) is 5.39. The summed E-state index contributed by atoms with van der Waals surface area (Å²) in [7, 11) is 3.30. The Balaban J connectivity index is 2.93. The first-order valence-electron chi connectivity index (χ1n) is 6.98. The number of nitrogens with two attached hydrogens (primary N) is 1. The Kier molecular flexibility index (Phi) is 5.67. The van der Waals surface area contributed by atoms with Gasteiger partial charge in [-0.05, 0) is 37.0 Å². The van der Waals surface area contributed by atoms with E-state index in [1.807, 2.05) is 12.1 Å². The maximum atomic E-state index is 6.50. The molecule has 19 heavy (non-hydrogen) atoms. The molecule has 108 valence electrons. The summed E-state index contributed by atoms with van der Waals surface area (Å²) in [4.78, 5) is 0. The van der Waals surface area contributed by atoms with Crippen LogP contribution in [0, 0.1) is 5.92 Å². The highest BCUT2D eigenvalue weighted by Crippen LogP contribution is 2.31. The van der Waals surface area contributed by atoms with Crippen LogP contribution < -0.4 is 15.2 Å². The molecule has 1 unspecified atom stereocenters. The van der Waals surface area contributed by atoms with Crippen LogP contribution in [0.2, 0.25) is 0 Å². The molecule has 0 amide bonds. The zero-order valence-electron chi connectivity index (χ0n) is 12.8. The fourth-order valence-electron chi connectivity index (χ4n) is 2.80. The third-order valence-corrected chi connectivity index (χ3v) is 3.95. The molecule has 0 aliphatic rings. The number of hydrogen-bond acceptors (Lipinski definition) is 3. The van der Waals surface area contributed by atoms with Crippen LogP contribution in [-0.4, -0.2) is 19.8 Å². The molecule has 0 fully saturated rings. The first-order valence-corrected chi connectivity index (χ1v) is 6.98. The largest absolute Gasteiger partial charge is 0.493 e. The van der Waals surface area contributed by atoms with Gasteiger partial charge in [0.1, 0.15) is 0 Å². The zero-order valence-corrected chi connectivity index (χ0v) is 12.8. The van der Waals surface area contributed by atoms with Crippen molar-refractivity contribution in [3.05, 3.63) is 23.8 Å². The van der Waals surface area contributed by atoms with E-state index in [4.69, 9.17) is 15.2 Å². The summed E-state index contributed by atoms with van der Waals surface area (Å²) in [6.45, 7) is 6.54. The molecule has 0 bridgehead atoms. The Hall–Kier alpha value is -1.22. The van der Waals surface area contributed by atoms with E-state index >= 15 is 0 Å². The van der Waals surface area contributed by atoms with Gasteiger partial charge in [0.2, 0.25) is 0 Å². The van der Waals surface area contributed by atoms with Gasteiger partial charge in [-0.2, -0.15) is 0 Å². The molecule has 0 saturated heterocycles. The van der Waals surface area contributed by atoms with E-state index < -0.39 is 0 Å². The molecule has 0 heterocycles. The van der Waals surface area contributed by atoms with Crippen LogP contribution >= 0.6 is 0 Å². The molecular formula is C16H27NO2. The molecule has 0 aliphatic carbocycles. The van der Waals surface area contributed by atoms with Gasteiger partial charge in [-0.1, -0.05) is 32.8 Å². The van der Waals surface area contributed by atoms with E-state index in [2.05, 4.69) is 26.8 Å². The number of ether oxygens (including phenoxy) is 2. The monoisotopic (exact) mass is 265 g/mol. The van der Waals surface area contributed by atoms with Gasteiger partial charge in [0.15, 0.2) is 11.5 Å². The Labute approximate surface area is 117 Å². The maximum absolute atomic E-state index is 6.50. The van der Waals surface area contributed by atoms with Gasteiger partial charge >= 0.3 is 0 Å². The second kappa shape index (κ2) is 6.80. The van der Waals surface area contributed by atoms with Gasteiger partial charge in [0, 0.05) is 5.54 Å². The standard InChI is InChI=1S/C16H27NO2/c1-6-13(7-2)16(3,17)11-12-8-9-14(18-4)15(10-12)19-5/h8-10,13H,6-7,11,17H2,1-5H3. The topological polar surface area (TPSA) is 44.5 Å². The number of benzene rings is 1. The van der Waals surface area contributed by atoms with E-state index in [9.17, 15) is 0 Å². The lowest BCUT2D eigenvalue weighted by atomic mass is 9.78. The summed E-state index contributed by atoms with van der Waals surface area (Å²) < 4.78 is 10.6. The number of methoxy groups -OCH3 is 2. The van der Waals surface area contributed by atoms with Crippen LogP contribution in [0.3, 0.4) is 0 Å². The van der Waals surface area contributed by atoms with Gasteiger partial charge in [0.05, 0.1) is 14.2 Å². The van der Waals surface area contributed by atoms with Crippen molar-refractivity contribution in [3.8, 4) is 11.5 Å². The molecule has 0 aromatic heterocycles. The molecule has 0 saturated carbocycles. The van der Waals surface area contributed by atoms with Crippen LogP contribution in [0.25, 0.3) is 0 Å². The Bertz CT molecular complexity index is 398. The van der Waals surface area contributed by atoms with Crippen molar-refractivity contribution in [2.75, 3.05) is 14.2 Å². The minimum absolute atomic E-state index is 0.191. The molecule has 0 radical (unpaired) electrons. The van der Waals surface area contributed by atoms with Crippen molar-refractivity contribution >= 4 is 0 Å². The molecule has 0 aliphatic heterocycles. The molecule has 1 aromatic rings. The summed E-state index contributed by atoms with van der Waals surface area (Å²) in [6, 6.07) is 6.03. The third-order valence-electron chi connectivity index (χ3n) is 3.95. The van der Waals surface area contributed by atoms with Crippen molar-refractivity contribution in [3.63, 3.8) is 0 Å². The minimum Gasteiger partial charge on any atom is -0.493 e. The highest BCUT2D eigenvalue weighted by molar-refractivity contribution is 5.43. The smallest absolute Gasteiger partial charge is 0.160 e. The molecule has 3 heteroatoms. The van der Waals surface area contributed by atoms with Crippen LogP contribution in [0.1, 0.15) is 39.2 Å². The van der Waals surface area contributed by atoms with Gasteiger partial charge in [-0.25, -0.2) is 0 Å². The normalized spacial score (nSPS) is 14.3. The molecular weight excluding hydrogens is 238 g/mol. The van der Waals surface area contributed by atoms with E-state index in [1.165, 1.54) is 5.56 Å². The van der Waals surface area contributed by atoms with E-state index in [-0.39, 0.29) is 5.54 Å².